The van der Waals surface area contributed by atoms with Crippen molar-refractivity contribution in [2.24, 2.45) is 5.41 Å². The van der Waals surface area contributed by atoms with E-state index in [4.69, 9.17) is 4.74 Å². The molecule has 0 saturated carbocycles. The van der Waals surface area contributed by atoms with Crippen LogP contribution in [-0.2, 0) is 11.2 Å². The summed E-state index contributed by atoms with van der Waals surface area (Å²) < 4.78 is 5.08. The van der Waals surface area contributed by atoms with E-state index in [0.29, 0.717) is 6.42 Å². The van der Waals surface area contributed by atoms with Gasteiger partial charge in [-0.05, 0) is 18.1 Å². The number of ether oxygens (including phenoxy) is 1. The lowest BCUT2D eigenvalue weighted by Crippen LogP contribution is -2.20. The van der Waals surface area contributed by atoms with Gasteiger partial charge in [0, 0.05) is 18.0 Å². The molecule has 0 N–H and O–H groups in total. The molecule has 0 aromatic carbocycles. The number of ketones is 1. The lowest BCUT2D eigenvalue weighted by molar-refractivity contribution is -0.126. The highest BCUT2D eigenvalue weighted by Gasteiger charge is 2.20. The molecular formula is C13H19NO2. The molecule has 0 fully saturated rings. The maximum absolute atomic E-state index is 11.7. The minimum absolute atomic E-state index is 0.258. The summed E-state index contributed by atoms with van der Waals surface area (Å²) in [5.41, 5.74) is 0.781. The summed E-state index contributed by atoms with van der Waals surface area (Å²) in [6.45, 7) is 5.83. The van der Waals surface area contributed by atoms with Gasteiger partial charge in [-0.15, -0.1) is 0 Å². The summed E-state index contributed by atoms with van der Waals surface area (Å²) in [6, 6.07) is 1.92. The predicted octanol–water partition coefficient (Wildman–Crippen LogP) is 2.64. The van der Waals surface area contributed by atoms with Gasteiger partial charge in [-0.3, -0.25) is 9.78 Å². The fourth-order valence-electron chi connectivity index (χ4n) is 1.34. The summed E-state index contributed by atoms with van der Waals surface area (Å²) in [7, 11) is 1.61. The quantitative estimate of drug-likeness (QED) is 0.784. The third-order valence-corrected chi connectivity index (χ3v) is 2.48. The molecule has 16 heavy (non-hydrogen) atoms. The van der Waals surface area contributed by atoms with Crippen LogP contribution in [0.25, 0.3) is 0 Å². The van der Waals surface area contributed by atoms with Crippen LogP contribution in [0.2, 0.25) is 0 Å². The summed E-state index contributed by atoms with van der Waals surface area (Å²) in [5, 5.41) is 0. The zero-order valence-electron chi connectivity index (χ0n) is 10.4. The second kappa shape index (κ2) is 5.10. The molecule has 3 nitrogen and oxygen atoms in total. The minimum Gasteiger partial charge on any atom is -0.495 e. The average molecular weight is 221 g/mol. The third kappa shape index (κ3) is 3.65. The number of aryl methyl sites for hydroxylation is 1. The van der Waals surface area contributed by atoms with Gasteiger partial charge in [0.1, 0.15) is 11.5 Å². The fourth-order valence-corrected chi connectivity index (χ4v) is 1.34. The van der Waals surface area contributed by atoms with Crippen molar-refractivity contribution in [1.29, 1.82) is 0 Å². The Bertz CT molecular complexity index is 366. The van der Waals surface area contributed by atoms with Gasteiger partial charge in [-0.1, -0.05) is 20.8 Å². The number of carbonyl (C=O) groups is 1. The van der Waals surface area contributed by atoms with Crippen molar-refractivity contribution in [2.75, 3.05) is 7.11 Å². The van der Waals surface area contributed by atoms with Gasteiger partial charge in [0.15, 0.2) is 0 Å². The number of methoxy groups -OCH3 is 1. The number of nitrogens with zero attached hydrogens (tertiary/aromatic N) is 1. The van der Waals surface area contributed by atoms with Crippen LogP contribution in [0.1, 0.15) is 32.8 Å². The summed E-state index contributed by atoms with van der Waals surface area (Å²) >= 11 is 0. The number of hydrogen-bond donors (Lipinski definition) is 0. The molecule has 1 rings (SSSR count). The molecule has 1 aromatic rings. The van der Waals surface area contributed by atoms with Crippen LogP contribution in [0.5, 0.6) is 5.75 Å². The molecule has 0 saturated heterocycles. The van der Waals surface area contributed by atoms with E-state index in [2.05, 4.69) is 4.98 Å². The average Bonchev–Trinajstić information content (AvgIpc) is 2.25. The Hall–Kier alpha value is -1.38. The first-order chi connectivity index (χ1) is 7.43. The highest BCUT2D eigenvalue weighted by Crippen LogP contribution is 2.19. The Morgan fingerprint density at radius 2 is 2.06 bits per heavy atom. The zero-order valence-corrected chi connectivity index (χ0v) is 10.4. The van der Waals surface area contributed by atoms with Crippen molar-refractivity contribution >= 4 is 5.78 Å². The number of Topliss-reactive ketones (excluding diaryl/α,β-unsaturated/α-hetero) is 1. The van der Waals surface area contributed by atoms with Crippen molar-refractivity contribution in [3.8, 4) is 5.75 Å². The first-order valence-electron chi connectivity index (χ1n) is 5.44. The van der Waals surface area contributed by atoms with Crippen molar-refractivity contribution in [1.82, 2.24) is 4.98 Å². The maximum Gasteiger partial charge on any atom is 0.138 e. The summed E-state index contributed by atoms with van der Waals surface area (Å²) in [6.07, 6.45) is 4.71. The number of carbonyl (C=O) groups excluding carboxylic acids is 1. The molecule has 3 heteroatoms. The van der Waals surface area contributed by atoms with Gasteiger partial charge in [0.25, 0.3) is 0 Å². The summed E-state index contributed by atoms with van der Waals surface area (Å²) in [4.78, 5) is 15.8. The Labute approximate surface area is 96.8 Å². The molecule has 0 aliphatic rings. The van der Waals surface area contributed by atoms with Gasteiger partial charge in [-0.2, -0.15) is 0 Å². The van der Waals surface area contributed by atoms with Crippen LogP contribution in [-0.4, -0.2) is 17.9 Å². The minimum atomic E-state index is -0.258. The summed E-state index contributed by atoms with van der Waals surface area (Å²) in [5.74, 6) is 1.01. The molecule has 0 unspecified atom stereocenters. The highest BCUT2D eigenvalue weighted by atomic mass is 16.5. The Morgan fingerprint density at radius 1 is 1.38 bits per heavy atom. The van der Waals surface area contributed by atoms with Gasteiger partial charge >= 0.3 is 0 Å². The standard InChI is InChI=1S/C13H19NO2/c1-13(2,3)12(15)6-5-10-7-11(16-4)9-14-8-10/h7-9H,5-6H2,1-4H3. The molecular weight excluding hydrogens is 202 g/mol. The molecule has 1 heterocycles. The van der Waals surface area contributed by atoms with Gasteiger partial charge in [0.05, 0.1) is 13.3 Å². The second-order valence-electron chi connectivity index (χ2n) is 4.91. The Morgan fingerprint density at radius 3 is 2.62 bits per heavy atom. The molecule has 0 amide bonds. The lowest BCUT2D eigenvalue weighted by atomic mass is 9.87. The van der Waals surface area contributed by atoms with Crippen LogP contribution >= 0.6 is 0 Å². The van der Waals surface area contributed by atoms with Crippen LogP contribution in [0, 0.1) is 5.41 Å². The van der Waals surface area contributed by atoms with Gasteiger partial charge < -0.3 is 4.74 Å². The van der Waals surface area contributed by atoms with Crippen molar-refractivity contribution in [2.45, 2.75) is 33.6 Å². The molecule has 0 aliphatic carbocycles. The SMILES string of the molecule is COc1cncc(CCC(=O)C(C)(C)C)c1. The number of hydrogen-bond acceptors (Lipinski definition) is 3. The van der Waals surface area contributed by atoms with Crippen LogP contribution in [0.3, 0.4) is 0 Å². The van der Waals surface area contributed by atoms with Crippen LogP contribution in [0.15, 0.2) is 18.5 Å². The van der Waals surface area contributed by atoms with E-state index >= 15 is 0 Å². The zero-order chi connectivity index (χ0) is 12.2. The van der Waals surface area contributed by atoms with E-state index < -0.39 is 0 Å². The van der Waals surface area contributed by atoms with E-state index in [9.17, 15) is 4.79 Å². The molecule has 88 valence electrons. The third-order valence-electron chi connectivity index (χ3n) is 2.48. The fraction of sp³-hybridized carbons (Fsp3) is 0.538. The normalized spacial score (nSPS) is 11.2. The van der Waals surface area contributed by atoms with Crippen LogP contribution in [0.4, 0.5) is 0 Å². The maximum atomic E-state index is 11.7. The molecule has 0 spiro atoms. The van der Waals surface area contributed by atoms with Gasteiger partial charge in [-0.25, -0.2) is 0 Å². The van der Waals surface area contributed by atoms with Crippen molar-refractivity contribution in [3.63, 3.8) is 0 Å². The van der Waals surface area contributed by atoms with E-state index in [-0.39, 0.29) is 11.2 Å². The van der Waals surface area contributed by atoms with E-state index in [1.54, 1.807) is 19.5 Å². The van der Waals surface area contributed by atoms with Crippen molar-refractivity contribution < 1.29 is 9.53 Å². The Balaban J connectivity index is 2.58. The molecule has 0 aliphatic heterocycles. The molecule has 0 bridgehead atoms. The second-order valence-corrected chi connectivity index (χ2v) is 4.91. The number of aromatic nitrogens is 1. The first-order valence-corrected chi connectivity index (χ1v) is 5.44. The number of pyridine rings is 1. The smallest absolute Gasteiger partial charge is 0.138 e. The van der Waals surface area contributed by atoms with Crippen molar-refractivity contribution in [3.05, 3.63) is 24.0 Å². The van der Waals surface area contributed by atoms with Gasteiger partial charge in [0.2, 0.25) is 0 Å². The number of rotatable bonds is 4. The highest BCUT2D eigenvalue weighted by molar-refractivity contribution is 5.83. The lowest BCUT2D eigenvalue weighted by Gasteiger charge is -2.16. The predicted molar refractivity (Wildman–Crippen MR) is 63.6 cm³/mol. The largest absolute Gasteiger partial charge is 0.495 e. The monoisotopic (exact) mass is 221 g/mol. The Kier molecular flexibility index (Phi) is 4.05. The van der Waals surface area contributed by atoms with E-state index in [1.165, 1.54) is 0 Å². The first kappa shape index (κ1) is 12.7. The van der Waals surface area contributed by atoms with E-state index in [1.807, 2.05) is 26.8 Å². The molecule has 1 aromatic heterocycles. The van der Waals surface area contributed by atoms with E-state index in [0.717, 1.165) is 17.7 Å². The molecule has 0 radical (unpaired) electrons. The van der Waals surface area contributed by atoms with Crippen LogP contribution < -0.4 is 4.74 Å². The molecule has 0 atom stereocenters. The topological polar surface area (TPSA) is 39.2 Å².